The summed E-state index contributed by atoms with van der Waals surface area (Å²) in [5.74, 6) is 0. The minimum atomic E-state index is -0.867. The molecule has 2 aliphatic rings. The van der Waals surface area contributed by atoms with E-state index in [9.17, 15) is 4.79 Å². The van der Waals surface area contributed by atoms with Gasteiger partial charge in [-0.05, 0) is 36.6 Å². The molecule has 1 aromatic carbocycles. The number of benzene rings is 1. The lowest BCUT2D eigenvalue weighted by Crippen LogP contribution is -2.50. The van der Waals surface area contributed by atoms with Gasteiger partial charge in [0.05, 0.1) is 19.3 Å². The van der Waals surface area contributed by atoms with Gasteiger partial charge in [0.2, 0.25) is 0 Å². The molecule has 1 atom stereocenters. The number of morpholine rings is 1. The molecule has 6 heteroatoms. The molecule has 3 rings (SSSR count). The van der Waals surface area contributed by atoms with E-state index >= 15 is 0 Å². The summed E-state index contributed by atoms with van der Waals surface area (Å²) >= 11 is 6.06. The molecule has 0 bridgehead atoms. The summed E-state index contributed by atoms with van der Waals surface area (Å²) < 4.78 is 5.73. The minimum absolute atomic E-state index is 0.0727. The first-order chi connectivity index (χ1) is 10.1. The summed E-state index contributed by atoms with van der Waals surface area (Å²) in [4.78, 5) is 14.8. The van der Waals surface area contributed by atoms with Gasteiger partial charge in [-0.1, -0.05) is 11.6 Å². The number of hydrogen-bond donors (Lipinski definition) is 1. The maximum absolute atomic E-state index is 11.1. The Morgan fingerprint density at radius 2 is 2.29 bits per heavy atom. The van der Waals surface area contributed by atoms with Gasteiger partial charge in [-0.15, -0.1) is 0 Å². The molecular formula is C15H19ClN2O3. The predicted molar refractivity (Wildman–Crippen MR) is 81.3 cm³/mol. The van der Waals surface area contributed by atoms with Crippen LogP contribution in [0.1, 0.15) is 12.0 Å². The second-order valence-electron chi connectivity index (χ2n) is 5.54. The first-order valence-electron chi connectivity index (χ1n) is 7.26. The molecule has 0 spiro atoms. The number of carbonyl (C=O) groups is 1. The van der Waals surface area contributed by atoms with Crippen LogP contribution in [-0.2, 0) is 11.2 Å². The molecule has 1 fully saturated rings. The number of rotatable bonds is 2. The van der Waals surface area contributed by atoms with E-state index < -0.39 is 6.09 Å². The number of fused-ring (bicyclic) bond motifs is 1. The number of ether oxygens (including phenoxy) is 1. The highest BCUT2D eigenvalue weighted by Gasteiger charge is 2.27. The highest BCUT2D eigenvalue weighted by molar-refractivity contribution is 6.30. The van der Waals surface area contributed by atoms with Crippen LogP contribution < -0.4 is 4.90 Å². The molecule has 1 N–H and O–H groups in total. The smallest absolute Gasteiger partial charge is 0.407 e. The van der Waals surface area contributed by atoms with Crippen molar-refractivity contribution in [3.05, 3.63) is 28.8 Å². The number of hydrogen-bond acceptors (Lipinski definition) is 3. The Morgan fingerprint density at radius 1 is 1.43 bits per heavy atom. The van der Waals surface area contributed by atoms with E-state index in [-0.39, 0.29) is 6.10 Å². The normalized spacial score (nSPS) is 22.0. The number of halogens is 1. The topological polar surface area (TPSA) is 53.0 Å². The second-order valence-corrected chi connectivity index (χ2v) is 5.98. The summed E-state index contributed by atoms with van der Waals surface area (Å²) in [5, 5.41) is 9.86. The van der Waals surface area contributed by atoms with Crippen molar-refractivity contribution in [2.75, 3.05) is 37.7 Å². The molecule has 1 amide bonds. The molecule has 0 aliphatic carbocycles. The average molecular weight is 311 g/mol. The van der Waals surface area contributed by atoms with Crippen molar-refractivity contribution in [3.63, 3.8) is 0 Å². The summed E-state index contributed by atoms with van der Waals surface area (Å²) in [5.41, 5.74) is 2.46. The van der Waals surface area contributed by atoms with Gasteiger partial charge in [0.15, 0.2) is 0 Å². The van der Waals surface area contributed by atoms with Gasteiger partial charge in [-0.25, -0.2) is 4.79 Å². The SMILES string of the molecule is O=C(O)N1CCOC(CN2CCCc3cc(Cl)ccc32)C1. The van der Waals surface area contributed by atoms with Crippen molar-refractivity contribution < 1.29 is 14.6 Å². The lowest BCUT2D eigenvalue weighted by Gasteiger charge is -2.37. The number of amides is 1. The van der Waals surface area contributed by atoms with Crippen molar-refractivity contribution in [2.24, 2.45) is 0 Å². The van der Waals surface area contributed by atoms with Crippen LogP contribution in [0, 0.1) is 0 Å². The van der Waals surface area contributed by atoms with E-state index in [2.05, 4.69) is 11.0 Å². The Labute approximate surface area is 129 Å². The molecule has 2 aliphatic heterocycles. The molecule has 0 saturated carbocycles. The lowest BCUT2D eigenvalue weighted by atomic mass is 10.0. The number of aryl methyl sites for hydroxylation is 1. The van der Waals surface area contributed by atoms with Crippen LogP contribution in [-0.4, -0.2) is 55.0 Å². The van der Waals surface area contributed by atoms with Gasteiger partial charge in [-0.2, -0.15) is 0 Å². The third kappa shape index (κ3) is 3.24. The van der Waals surface area contributed by atoms with Crippen LogP contribution in [0.25, 0.3) is 0 Å². The van der Waals surface area contributed by atoms with E-state index in [0.29, 0.717) is 19.7 Å². The monoisotopic (exact) mass is 310 g/mol. The molecule has 2 heterocycles. The summed E-state index contributed by atoms with van der Waals surface area (Å²) in [7, 11) is 0. The van der Waals surface area contributed by atoms with E-state index in [1.807, 2.05) is 12.1 Å². The number of nitrogens with zero attached hydrogens (tertiary/aromatic N) is 2. The van der Waals surface area contributed by atoms with Crippen molar-refractivity contribution in [3.8, 4) is 0 Å². The van der Waals surface area contributed by atoms with Crippen LogP contribution in [0.5, 0.6) is 0 Å². The van der Waals surface area contributed by atoms with Gasteiger partial charge >= 0.3 is 6.09 Å². The van der Waals surface area contributed by atoms with Crippen LogP contribution in [0.2, 0.25) is 5.02 Å². The zero-order valence-electron chi connectivity index (χ0n) is 11.8. The van der Waals surface area contributed by atoms with Crippen molar-refractivity contribution >= 4 is 23.4 Å². The predicted octanol–water partition coefficient (Wildman–Crippen LogP) is 2.47. The first-order valence-corrected chi connectivity index (χ1v) is 7.64. The van der Waals surface area contributed by atoms with Gasteiger partial charge in [0.1, 0.15) is 0 Å². The molecule has 114 valence electrons. The highest BCUT2D eigenvalue weighted by Crippen LogP contribution is 2.30. The van der Waals surface area contributed by atoms with E-state index in [1.165, 1.54) is 16.2 Å². The molecule has 5 nitrogen and oxygen atoms in total. The Morgan fingerprint density at radius 3 is 3.10 bits per heavy atom. The fourth-order valence-electron chi connectivity index (χ4n) is 3.08. The van der Waals surface area contributed by atoms with Crippen LogP contribution in [0.4, 0.5) is 10.5 Å². The molecule has 1 unspecified atom stereocenters. The molecule has 0 aromatic heterocycles. The minimum Gasteiger partial charge on any atom is -0.465 e. The maximum Gasteiger partial charge on any atom is 0.407 e. The quantitative estimate of drug-likeness (QED) is 0.912. The number of anilines is 1. The average Bonchev–Trinajstić information content (AvgIpc) is 2.47. The van der Waals surface area contributed by atoms with E-state index in [1.54, 1.807) is 0 Å². The fourth-order valence-corrected chi connectivity index (χ4v) is 3.28. The third-order valence-corrected chi connectivity index (χ3v) is 4.32. The van der Waals surface area contributed by atoms with E-state index in [0.717, 1.165) is 31.0 Å². The van der Waals surface area contributed by atoms with Crippen LogP contribution in [0.3, 0.4) is 0 Å². The largest absolute Gasteiger partial charge is 0.465 e. The van der Waals surface area contributed by atoms with Gasteiger partial charge in [-0.3, -0.25) is 0 Å². The zero-order chi connectivity index (χ0) is 14.8. The Bertz CT molecular complexity index is 538. The first kappa shape index (κ1) is 14.5. The summed E-state index contributed by atoms with van der Waals surface area (Å²) in [6.45, 7) is 3.06. The van der Waals surface area contributed by atoms with Crippen LogP contribution >= 0.6 is 11.6 Å². The van der Waals surface area contributed by atoms with Crippen LogP contribution in [0.15, 0.2) is 18.2 Å². The zero-order valence-corrected chi connectivity index (χ0v) is 12.6. The Hall–Kier alpha value is -1.46. The lowest BCUT2D eigenvalue weighted by molar-refractivity contribution is -0.0176. The van der Waals surface area contributed by atoms with Crippen molar-refractivity contribution in [2.45, 2.75) is 18.9 Å². The van der Waals surface area contributed by atoms with Gasteiger partial charge in [0.25, 0.3) is 0 Å². The van der Waals surface area contributed by atoms with E-state index in [4.69, 9.17) is 21.4 Å². The van der Waals surface area contributed by atoms with Gasteiger partial charge < -0.3 is 19.6 Å². The molecular weight excluding hydrogens is 292 g/mol. The molecule has 1 aromatic rings. The highest BCUT2D eigenvalue weighted by atomic mass is 35.5. The van der Waals surface area contributed by atoms with Crippen molar-refractivity contribution in [1.82, 2.24) is 4.90 Å². The summed E-state index contributed by atoms with van der Waals surface area (Å²) in [6.07, 6.45) is 1.19. The third-order valence-electron chi connectivity index (χ3n) is 4.09. The molecule has 1 saturated heterocycles. The Balaban J connectivity index is 1.70. The summed E-state index contributed by atoms with van der Waals surface area (Å²) in [6, 6.07) is 5.98. The number of carboxylic acid groups (broad SMARTS) is 1. The van der Waals surface area contributed by atoms with Gasteiger partial charge in [0, 0.05) is 30.3 Å². The molecule has 21 heavy (non-hydrogen) atoms. The maximum atomic E-state index is 11.1. The van der Waals surface area contributed by atoms with Crippen molar-refractivity contribution in [1.29, 1.82) is 0 Å². The Kier molecular flexibility index (Phi) is 4.22. The second kappa shape index (κ2) is 6.12. The molecule has 0 radical (unpaired) electrons. The standard InChI is InChI=1S/C15H19ClN2O3/c16-12-3-4-14-11(8-12)2-1-5-17(14)9-13-10-18(15(19)20)6-7-21-13/h3-4,8,13H,1-2,5-7,9-10H2,(H,19,20). The fraction of sp³-hybridized carbons (Fsp3) is 0.533.